The number of halogens is 1. The summed E-state index contributed by atoms with van der Waals surface area (Å²) in [6.45, 7) is 0. The lowest BCUT2D eigenvalue weighted by Crippen LogP contribution is -1.97. The zero-order chi connectivity index (χ0) is 10.7. The van der Waals surface area contributed by atoms with E-state index in [0.29, 0.717) is 5.56 Å². The summed E-state index contributed by atoms with van der Waals surface area (Å²) in [6.07, 6.45) is 0. The van der Waals surface area contributed by atoms with Crippen LogP contribution in [-0.4, -0.2) is 10.0 Å². The van der Waals surface area contributed by atoms with Crippen LogP contribution in [-0.2, 0) is 0 Å². The van der Waals surface area contributed by atoms with Crippen molar-refractivity contribution in [2.75, 3.05) is 0 Å². The Bertz CT molecular complexity index is 412. The number of alkyl halides is 1. The van der Waals surface area contributed by atoms with Crippen LogP contribution in [0, 0.1) is 21.4 Å². The van der Waals surface area contributed by atoms with Gasteiger partial charge in [-0.15, -0.1) is 0 Å². The molecule has 0 aliphatic heterocycles. The van der Waals surface area contributed by atoms with Crippen molar-refractivity contribution in [2.45, 2.75) is 4.11 Å². The molecule has 14 heavy (non-hydrogen) atoms. The van der Waals surface area contributed by atoms with Gasteiger partial charge < -0.3 is 5.11 Å². The molecule has 0 bridgehead atoms. The van der Waals surface area contributed by atoms with Crippen LogP contribution >= 0.6 is 22.6 Å². The van der Waals surface area contributed by atoms with Gasteiger partial charge in [0.2, 0.25) is 0 Å². The standard InChI is InChI=1S/C8H5IN2O3/c9-8(12)6-3-5(4-10)1-2-7(6)11(13)14/h1-3,8,12H. The fourth-order valence-electron chi connectivity index (χ4n) is 0.981. The van der Waals surface area contributed by atoms with Crippen LogP contribution < -0.4 is 0 Å². The molecular weight excluding hydrogens is 299 g/mol. The monoisotopic (exact) mass is 304 g/mol. The summed E-state index contributed by atoms with van der Waals surface area (Å²) >= 11 is 1.64. The SMILES string of the molecule is N#Cc1ccc([N+](=O)[O-])c(C(O)I)c1. The van der Waals surface area contributed by atoms with E-state index in [1.807, 2.05) is 6.07 Å². The van der Waals surface area contributed by atoms with Crippen molar-refractivity contribution in [3.63, 3.8) is 0 Å². The maximum atomic E-state index is 10.5. The lowest BCUT2D eigenvalue weighted by atomic mass is 10.1. The quantitative estimate of drug-likeness (QED) is 0.391. The van der Waals surface area contributed by atoms with Crippen LogP contribution in [0.5, 0.6) is 0 Å². The number of aliphatic hydroxyl groups is 1. The van der Waals surface area contributed by atoms with Gasteiger partial charge in [-0.2, -0.15) is 5.26 Å². The van der Waals surface area contributed by atoms with Crippen molar-refractivity contribution in [3.8, 4) is 6.07 Å². The molecular formula is C8H5IN2O3. The van der Waals surface area contributed by atoms with Crippen molar-refractivity contribution in [1.29, 1.82) is 5.26 Å². The number of nitriles is 1. The summed E-state index contributed by atoms with van der Waals surface area (Å²) in [4.78, 5) is 9.95. The fourth-order valence-corrected chi connectivity index (χ4v) is 1.48. The molecule has 6 heteroatoms. The van der Waals surface area contributed by atoms with Gasteiger partial charge in [-0.3, -0.25) is 10.1 Å². The molecule has 0 fully saturated rings. The molecule has 0 aliphatic rings. The van der Waals surface area contributed by atoms with Crippen molar-refractivity contribution < 1.29 is 10.0 Å². The predicted molar refractivity (Wildman–Crippen MR) is 56.8 cm³/mol. The molecule has 72 valence electrons. The van der Waals surface area contributed by atoms with Crippen molar-refractivity contribution in [1.82, 2.24) is 0 Å². The third kappa shape index (κ3) is 2.18. The highest BCUT2D eigenvalue weighted by Crippen LogP contribution is 2.29. The maximum Gasteiger partial charge on any atom is 0.276 e. The average Bonchev–Trinajstić information content (AvgIpc) is 2.16. The summed E-state index contributed by atoms with van der Waals surface area (Å²) in [5.74, 6) is 0. The molecule has 0 aromatic heterocycles. The van der Waals surface area contributed by atoms with Gasteiger partial charge in [0.05, 0.1) is 22.1 Å². The second-order valence-electron chi connectivity index (χ2n) is 2.48. The Morgan fingerprint density at radius 2 is 2.29 bits per heavy atom. The summed E-state index contributed by atoms with van der Waals surface area (Å²) in [6, 6.07) is 5.73. The minimum atomic E-state index is -0.985. The molecule has 1 N–H and O–H groups in total. The molecule has 1 atom stereocenters. The highest BCUT2D eigenvalue weighted by atomic mass is 127. The van der Waals surface area contributed by atoms with E-state index >= 15 is 0 Å². The number of hydrogen-bond acceptors (Lipinski definition) is 4. The van der Waals surface area contributed by atoms with Gasteiger partial charge in [-0.1, -0.05) is 0 Å². The number of aliphatic hydroxyl groups excluding tert-OH is 1. The summed E-state index contributed by atoms with van der Waals surface area (Å²) in [7, 11) is 0. The van der Waals surface area contributed by atoms with Gasteiger partial charge in [-0.05, 0) is 34.7 Å². The van der Waals surface area contributed by atoms with Crippen LogP contribution in [0.1, 0.15) is 15.2 Å². The molecule has 0 saturated heterocycles. The first-order valence-corrected chi connectivity index (χ1v) is 4.81. The van der Waals surface area contributed by atoms with Gasteiger partial charge >= 0.3 is 0 Å². The lowest BCUT2D eigenvalue weighted by Gasteiger charge is -2.03. The van der Waals surface area contributed by atoms with E-state index in [4.69, 9.17) is 5.26 Å². The topological polar surface area (TPSA) is 87.2 Å². The Balaban J connectivity index is 3.33. The number of hydrogen-bond donors (Lipinski definition) is 1. The second-order valence-corrected chi connectivity index (χ2v) is 3.66. The molecule has 0 spiro atoms. The Kier molecular flexibility index (Phi) is 3.38. The summed E-state index contributed by atoms with van der Waals surface area (Å²) in [5.41, 5.74) is 0.266. The maximum absolute atomic E-state index is 10.5. The number of rotatable bonds is 2. The normalized spacial score (nSPS) is 11.8. The van der Waals surface area contributed by atoms with E-state index in [1.165, 1.54) is 18.2 Å². The highest BCUT2D eigenvalue weighted by molar-refractivity contribution is 14.1. The third-order valence-electron chi connectivity index (χ3n) is 1.61. The minimum absolute atomic E-state index is 0.148. The Hall–Kier alpha value is -1.20. The molecule has 0 aliphatic carbocycles. The zero-order valence-corrected chi connectivity index (χ0v) is 9.00. The van der Waals surface area contributed by atoms with Crippen molar-refractivity contribution in [2.24, 2.45) is 0 Å². The first-order chi connectivity index (χ1) is 6.56. The summed E-state index contributed by atoms with van der Waals surface area (Å²) < 4.78 is -0.985. The van der Waals surface area contributed by atoms with Gasteiger partial charge in [-0.25, -0.2) is 0 Å². The summed E-state index contributed by atoms with van der Waals surface area (Å²) in [5, 5.41) is 28.3. The molecule has 1 aromatic carbocycles. The zero-order valence-electron chi connectivity index (χ0n) is 6.85. The first kappa shape index (κ1) is 10.9. The van der Waals surface area contributed by atoms with Crippen molar-refractivity contribution in [3.05, 3.63) is 39.4 Å². The van der Waals surface area contributed by atoms with E-state index in [0.717, 1.165) is 0 Å². The average molecular weight is 304 g/mol. The molecule has 1 unspecified atom stereocenters. The molecule has 5 nitrogen and oxygen atoms in total. The third-order valence-corrected chi connectivity index (χ3v) is 2.28. The Morgan fingerprint density at radius 3 is 2.71 bits per heavy atom. The first-order valence-electron chi connectivity index (χ1n) is 3.57. The van der Waals surface area contributed by atoms with E-state index in [9.17, 15) is 15.2 Å². The van der Waals surface area contributed by atoms with Gasteiger partial charge in [0, 0.05) is 6.07 Å². The van der Waals surface area contributed by atoms with Crippen molar-refractivity contribution >= 4 is 28.3 Å². The highest BCUT2D eigenvalue weighted by Gasteiger charge is 2.18. The van der Waals surface area contributed by atoms with Crippen LogP contribution in [0.3, 0.4) is 0 Å². The minimum Gasteiger partial charge on any atom is -0.378 e. The predicted octanol–water partition coefficient (Wildman–Crippen LogP) is 1.89. The van der Waals surface area contributed by atoms with Gasteiger partial charge in [0.15, 0.2) is 0 Å². The number of nitro groups is 1. The Morgan fingerprint density at radius 1 is 1.64 bits per heavy atom. The van der Waals surface area contributed by atoms with Gasteiger partial charge in [0.25, 0.3) is 5.69 Å². The van der Waals surface area contributed by atoms with Crippen LogP contribution in [0.15, 0.2) is 18.2 Å². The van der Waals surface area contributed by atoms with E-state index in [1.54, 1.807) is 22.6 Å². The molecule has 1 rings (SSSR count). The fraction of sp³-hybridized carbons (Fsp3) is 0.125. The van der Waals surface area contributed by atoms with Gasteiger partial charge in [0.1, 0.15) is 4.11 Å². The molecule has 0 saturated carbocycles. The molecule has 1 aromatic rings. The smallest absolute Gasteiger partial charge is 0.276 e. The number of nitrogens with zero attached hydrogens (tertiary/aromatic N) is 2. The number of nitro benzene ring substituents is 1. The van der Waals surface area contributed by atoms with E-state index < -0.39 is 9.03 Å². The lowest BCUT2D eigenvalue weighted by molar-refractivity contribution is -0.385. The largest absolute Gasteiger partial charge is 0.378 e. The second kappa shape index (κ2) is 4.34. The molecule has 0 radical (unpaired) electrons. The van der Waals surface area contributed by atoms with Crippen LogP contribution in [0.25, 0.3) is 0 Å². The Labute approximate surface area is 93.3 Å². The van der Waals surface area contributed by atoms with Crippen LogP contribution in [0.2, 0.25) is 0 Å². The molecule has 0 heterocycles. The van der Waals surface area contributed by atoms with E-state index in [-0.39, 0.29) is 11.3 Å². The number of benzene rings is 1. The molecule has 0 amide bonds. The van der Waals surface area contributed by atoms with Crippen LogP contribution in [0.4, 0.5) is 5.69 Å². The van der Waals surface area contributed by atoms with E-state index in [2.05, 4.69) is 0 Å².